The van der Waals surface area contributed by atoms with E-state index < -0.39 is 53.8 Å². The molecule has 0 bridgehead atoms. The first-order valence-electron chi connectivity index (χ1n) is 10.3. The number of thioether (sulfide) groups is 1. The summed E-state index contributed by atoms with van der Waals surface area (Å²) in [4.78, 5) is 60.0. The van der Waals surface area contributed by atoms with Gasteiger partial charge in [0.25, 0.3) is 0 Å². The average molecular weight is 494 g/mol. The molecule has 5 unspecified atom stereocenters. The Bertz CT molecular complexity index is 666. The molecular weight excluding hydrogens is 458 g/mol. The number of hydrogen-bond acceptors (Lipinski definition) is 8. The quantitative estimate of drug-likeness (QED) is 0.131. The van der Waals surface area contributed by atoms with Gasteiger partial charge in [-0.15, -0.1) is 0 Å². The molecule has 0 aromatic carbocycles. The van der Waals surface area contributed by atoms with Crippen LogP contribution in [0.1, 0.15) is 39.5 Å². The maximum atomic E-state index is 12.7. The first-order valence-corrected chi connectivity index (χ1v) is 12.3. The molecule has 0 heterocycles. The van der Waals surface area contributed by atoms with Gasteiger partial charge in [0.1, 0.15) is 18.1 Å². The lowest BCUT2D eigenvalue weighted by Gasteiger charge is -2.25. The molecule has 5 atom stereocenters. The summed E-state index contributed by atoms with van der Waals surface area (Å²) in [6, 6.07) is -4.21. The lowest BCUT2D eigenvalue weighted by molar-refractivity contribution is -0.142. The Balaban J connectivity index is 5.26. The molecule has 0 radical (unpaired) electrons. The number of rotatable bonds is 16. The highest BCUT2D eigenvalue weighted by molar-refractivity contribution is 7.98. The summed E-state index contributed by atoms with van der Waals surface area (Å²) in [5.41, 5.74) is 10.9. The topological polar surface area (TPSA) is 194 Å². The van der Waals surface area contributed by atoms with E-state index in [4.69, 9.17) is 11.5 Å². The fourth-order valence-corrected chi connectivity index (χ4v) is 3.30. The van der Waals surface area contributed by atoms with E-state index in [1.54, 1.807) is 0 Å². The van der Waals surface area contributed by atoms with E-state index in [0.717, 1.165) is 0 Å². The van der Waals surface area contributed by atoms with Crippen LogP contribution in [0.2, 0.25) is 0 Å². The number of carboxylic acids is 1. The molecule has 0 fully saturated rings. The van der Waals surface area contributed by atoms with E-state index in [9.17, 15) is 29.1 Å². The molecule has 0 saturated heterocycles. The molecule has 184 valence electrons. The van der Waals surface area contributed by atoms with Crippen molar-refractivity contribution in [3.05, 3.63) is 0 Å². The predicted molar refractivity (Wildman–Crippen MR) is 126 cm³/mol. The minimum absolute atomic E-state index is 0.0297. The summed E-state index contributed by atoms with van der Waals surface area (Å²) < 4.78 is 0. The van der Waals surface area contributed by atoms with Crippen LogP contribution in [0.25, 0.3) is 0 Å². The van der Waals surface area contributed by atoms with Crippen LogP contribution in [-0.2, 0) is 24.0 Å². The van der Waals surface area contributed by atoms with E-state index in [2.05, 4.69) is 28.6 Å². The Morgan fingerprint density at radius 1 is 0.969 bits per heavy atom. The third-order valence-corrected chi connectivity index (χ3v) is 5.92. The molecule has 0 aromatic rings. The molecule has 0 aliphatic rings. The van der Waals surface area contributed by atoms with Crippen molar-refractivity contribution < 1.29 is 29.1 Å². The van der Waals surface area contributed by atoms with Crippen molar-refractivity contribution in [2.24, 2.45) is 17.4 Å². The predicted octanol–water partition coefficient (Wildman–Crippen LogP) is -1.15. The summed E-state index contributed by atoms with van der Waals surface area (Å²) in [6.07, 6.45) is 2.33. The fraction of sp³-hybridized carbons (Fsp3) is 0.737. The van der Waals surface area contributed by atoms with E-state index in [1.807, 2.05) is 20.1 Å². The van der Waals surface area contributed by atoms with Crippen molar-refractivity contribution in [1.29, 1.82) is 0 Å². The van der Waals surface area contributed by atoms with Gasteiger partial charge in [-0.2, -0.15) is 24.4 Å². The number of carboxylic acid groups (broad SMARTS) is 1. The Morgan fingerprint density at radius 2 is 1.50 bits per heavy atom. The number of carbonyl (C=O) groups excluding carboxylic acids is 4. The monoisotopic (exact) mass is 493 g/mol. The molecule has 11 nitrogen and oxygen atoms in total. The van der Waals surface area contributed by atoms with Crippen molar-refractivity contribution in [3.8, 4) is 0 Å². The summed E-state index contributed by atoms with van der Waals surface area (Å²) in [5, 5.41) is 16.7. The van der Waals surface area contributed by atoms with Crippen LogP contribution in [0.3, 0.4) is 0 Å². The number of hydrogen-bond donors (Lipinski definition) is 7. The van der Waals surface area contributed by atoms with Gasteiger partial charge in [0.15, 0.2) is 0 Å². The number of carbonyl (C=O) groups is 5. The van der Waals surface area contributed by atoms with Gasteiger partial charge in [0.2, 0.25) is 23.6 Å². The first kappa shape index (κ1) is 30.0. The highest BCUT2D eigenvalue weighted by Crippen LogP contribution is 2.07. The Hall–Kier alpha value is -1.99. The molecule has 0 saturated carbocycles. The van der Waals surface area contributed by atoms with Gasteiger partial charge < -0.3 is 32.5 Å². The number of nitrogens with two attached hydrogens (primary N) is 2. The largest absolute Gasteiger partial charge is 0.480 e. The van der Waals surface area contributed by atoms with Crippen LogP contribution in [0, 0.1) is 5.92 Å². The third-order valence-electron chi connectivity index (χ3n) is 4.91. The molecule has 4 amide bonds. The van der Waals surface area contributed by atoms with Crippen LogP contribution >= 0.6 is 24.4 Å². The summed E-state index contributed by atoms with van der Waals surface area (Å²) >= 11 is 5.54. The Morgan fingerprint density at radius 3 is 1.97 bits per heavy atom. The number of primary amides is 1. The molecule has 13 heteroatoms. The van der Waals surface area contributed by atoms with E-state index in [1.165, 1.54) is 11.8 Å². The summed E-state index contributed by atoms with van der Waals surface area (Å²) in [7, 11) is 0. The zero-order valence-corrected chi connectivity index (χ0v) is 20.3. The van der Waals surface area contributed by atoms with Crippen LogP contribution in [-0.4, -0.2) is 76.6 Å². The van der Waals surface area contributed by atoms with Crippen molar-refractivity contribution in [2.75, 3.05) is 17.8 Å². The fourth-order valence-electron chi connectivity index (χ4n) is 2.57. The van der Waals surface area contributed by atoms with Gasteiger partial charge >= 0.3 is 5.97 Å². The smallest absolute Gasteiger partial charge is 0.326 e. The maximum Gasteiger partial charge on any atom is 0.326 e. The SMILES string of the molecule is CCC(C)C(N)C(=O)NC(CS)C(=O)NC(CCSC)C(=O)NC(CCC(N)=O)C(=O)O. The van der Waals surface area contributed by atoms with Crippen molar-refractivity contribution in [2.45, 2.75) is 63.7 Å². The van der Waals surface area contributed by atoms with Gasteiger partial charge in [-0.1, -0.05) is 20.3 Å². The van der Waals surface area contributed by atoms with Crippen LogP contribution in [0.5, 0.6) is 0 Å². The molecule has 0 spiro atoms. The molecule has 32 heavy (non-hydrogen) atoms. The standard InChI is InChI=1S/C19H35N5O6S2/c1-4-10(2)15(21)18(28)24-13(9-31)17(27)22-11(7-8-32-3)16(26)23-12(19(29)30)5-6-14(20)25/h10-13,15,31H,4-9,21H2,1-3H3,(H2,20,25)(H,22,27)(H,23,26)(H,24,28)(H,29,30). The molecule has 8 N–H and O–H groups in total. The molecule has 0 aliphatic carbocycles. The Kier molecular flexibility index (Phi) is 14.8. The molecule has 0 rings (SSSR count). The van der Waals surface area contributed by atoms with Gasteiger partial charge in [0.05, 0.1) is 6.04 Å². The lowest BCUT2D eigenvalue weighted by atomic mass is 9.99. The second-order valence-electron chi connectivity index (χ2n) is 7.40. The molecule has 0 aliphatic heterocycles. The van der Waals surface area contributed by atoms with Crippen molar-refractivity contribution in [1.82, 2.24) is 16.0 Å². The zero-order valence-electron chi connectivity index (χ0n) is 18.6. The summed E-state index contributed by atoms with van der Waals surface area (Å²) in [5.74, 6) is -3.50. The van der Waals surface area contributed by atoms with Crippen LogP contribution in [0.4, 0.5) is 0 Å². The summed E-state index contributed by atoms with van der Waals surface area (Å²) in [6.45, 7) is 3.71. The van der Waals surface area contributed by atoms with Gasteiger partial charge in [-0.3, -0.25) is 19.2 Å². The lowest BCUT2D eigenvalue weighted by Crippen LogP contribution is -2.58. The second kappa shape index (κ2) is 15.8. The van der Waals surface area contributed by atoms with Gasteiger partial charge in [-0.25, -0.2) is 4.79 Å². The normalized spacial score (nSPS) is 15.5. The van der Waals surface area contributed by atoms with Gasteiger partial charge in [-0.05, 0) is 30.8 Å². The van der Waals surface area contributed by atoms with E-state index >= 15 is 0 Å². The number of thiol groups is 1. The average Bonchev–Trinajstić information content (AvgIpc) is 2.75. The number of amides is 4. The van der Waals surface area contributed by atoms with Crippen LogP contribution < -0.4 is 27.4 Å². The second-order valence-corrected chi connectivity index (χ2v) is 8.75. The Labute approximate surface area is 198 Å². The van der Waals surface area contributed by atoms with Crippen LogP contribution in [0.15, 0.2) is 0 Å². The van der Waals surface area contributed by atoms with Gasteiger partial charge in [0, 0.05) is 12.2 Å². The van der Waals surface area contributed by atoms with Crippen molar-refractivity contribution >= 4 is 54.0 Å². The highest BCUT2D eigenvalue weighted by Gasteiger charge is 2.30. The minimum Gasteiger partial charge on any atom is -0.480 e. The maximum absolute atomic E-state index is 12.7. The van der Waals surface area contributed by atoms with Crippen molar-refractivity contribution in [3.63, 3.8) is 0 Å². The van der Waals surface area contributed by atoms with E-state index in [-0.39, 0.29) is 30.9 Å². The minimum atomic E-state index is -1.34. The first-order chi connectivity index (χ1) is 15.0. The molecule has 0 aromatic heterocycles. The third kappa shape index (κ3) is 11.0. The highest BCUT2D eigenvalue weighted by atomic mass is 32.2. The molecular formula is C19H35N5O6S2. The van der Waals surface area contributed by atoms with E-state index in [0.29, 0.717) is 12.2 Å². The number of nitrogens with one attached hydrogen (secondary N) is 3. The zero-order chi connectivity index (χ0) is 24.8. The number of aliphatic carboxylic acids is 1.